The van der Waals surface area contributed by atoms with E-state index in [0.717, 1.165) is 16.1 Å². The van der Waals surface area contributed by atoms with Crippen LogP contribution >= 0.6 is 23.1 Å². The Morgan fingerprint density at radius 1 is 1.09 bits per heavy atom. The summed E-state index contributed by atoms with van der Waals surface area (Å²) >= 11 is 2.81. The maximum absolute atomic E-state index is 13.3. The highest BCUT2D eigenvalue weighted by Gasteiger charge is 2.35. The summed E-state index contributed by atoms with van der Waals surface area (Å²) in [6, 6.07) is 17.5. The number of benzene rings is 2. The summed E-state index contributed by atoms with van der Waals surface area (Å²) in [6.07, 6.45) is 0. The average Bonchev–Trinajstić information content (AvgIpc) is 3.34. The van der Waals surface area contributed by atoms with Gasteiger partial charge in [0, 0.05) is 36.0 Å². The molecule has 1 aliphatic rings. The Bertz CT molecular complexity index is 1160. The van der Waals surface area contributed by atoms with Crippen molar-refractivity contribution in [3.05, 3.63) is 77.4 Å². The number of sulfonamides is 1. The van der Waals surface area contributed by atoms with Gasteiger partial charge in [0.2, 0.25) is 0 Å². The summed E-state index contributed by atoms with van der Waals surface area (Å²) < 4.78 is 41.5. The Kier molecular flexibility index (Phi) is 7.16. The molecule has 0 radical (unpaired) electrons. The third kappa shape index (κ3) is 5.60. The van der Waals surface area contributed by atoms with Gasteiger partial charge in [0.25, 0.3) is 10.0 Å². The first kappa shape index (κ1) is 24.2. The number of hydrogen-bond donors (Lipinski definition) is 1. The second kappa shape index (κ2) is 9.76. The number of anilines is 1. The molecule has 9 heteroatoms. The van der Waals surface area contributed by atoms with Crippen LogP contribution in [0.15, 0.2) is 75.1 Å². The van der Waals surface area contributed by atoms with Gasteiger partial charge < -0.3 is 10.0 Å². The molecule has 2 heterocycles. The summed E-state index contributed by atoms with van der Waals surface area (Å²) in [5.41, 5.74) is 0.882. The maximum Gasteiger partial charge on any atom is 0.252 e. The molecule has 1 N–H and O–H groups in total. The van der Waals surface area contributed by atoms with Gasteiger partial charge in [-0.25, -0.2) is 12.8 Å². The molecule has 1 fully saturated rings. The van der Waals surface area contributed by atoms with Crippen molar-refractivity contribution >= 4 is 38.8 Å². The van der Waals surface area contributed by atoms with Gasteiger partial charge >= 0.3 is 0 Å². The van der Waals surface area contributed by atoms with E-state index in [9.17, 15) is 17.9 Å². The van der Waals surface area contributed by atoms with Crippen LogP contribution in [0, 0.1) is 5.82 Å². The molecule has 0 amide bonds. The molecule has 0 saturated carbocycles. The molecule has 2 aromatic carbocycles. The van der Waals surface area contributed by atoms with Crippen LogP contribution in [0.2, 0.25) is 0 Å². The topological polar surface area (TPSA) is 60.9 Å². The minimum Gasteiger partial charge on any atom is -0.386 e. The number of rotatable bonds is 7. The Labute approximate surface area is 202 Å². The highest BCUT2D eigenvalue weighted by atomic mass is 32.2. The van der Waals surface area contributed by atoms with E-state index in [1.54, 1.807) is 59.6 Å². The number of thioether (sulfide) groups is 1. The monoisotopic (exact) mass is 506 g/mol. The summed E-state index contributed by atoms with van der Waals surface area (Å²) in [5.74, 6) is 0.369. The molecule has 0 bridgehead atoms. The fraction of sp³-hybridized carbons (Fsp3) is 0.333. The number of piperazine rings is 1. The van der Waals surface area contributed by atoms with Crippen molar-refractivity contribution in [1.82, 2.24) is 4.31 Å². The summed E-state index contributed by atoms with van der Waals surface area (Å²) in [6.45, 7) is 4.81. The van der Waals surface area contributed by atoms with Gasteiger partial charge in [0.05, 0.1) is 11.6 Å². The predicted octanol–water partition coefficient (Wildman–Crippen LogP) is 4.79. The zero-order chi connectivity index (χ0) is 23.6. The van der Waals surface area contributed by atoms with Crippen molar-refractivity contribution < 1.29 is 17.9 Å². The quantitative estimate of drug-likeness (QED) is 0.467. The molecule has 176 valence electrons. The Morgan fingerprint density at radius 3 is 2.39 bits per heavy atom. The van der Waals surface area contributed by atoms with Crippen LogP contribution in [0.1, 0.15) is 19.4 Å². The largest absolute Gasteiger partial charge is 0.386 e. The van der Waals surface area contributed by atoms with Crippen LogP contribution in [0.4, 0.5) is 10.1 Å². The number of halogens is 1. The molecule has 3 aromatic rings. The van der Waals surface area contributed by atoms with E-state index in [4.69, 9.17) is 0 Å². The molecule has 4 rings (SSSR count). The third-order valence-corrected chi connectivity index (χ3v) is 10.1. The molecule has 0 unspecified atom stereocenters. The van der Waals surface area contributed by atoms with Crippen LogP contribution in [0.25, 0.3) is 0 Å². The zero-order valence-corrected chi connectivity index (χ0v) is 21.0. The lowest BCUT2D eigenvalue weighted by molar-refractivity contribution is 0.0786. The average molecular weight is 507 g/mol. The Balaban J connectivity index is 1.57. The van der Waals surface area contributed by atoms with Gasteiger partial charge in [0.1, 0.15) is 10.0 Å². The first-order valence-electron chi connectivity index (χ1n) is 10.7. The fourth-order valence-electron chi connectivity index (χ4n) is 3.85. The lowest BCUT2D eigenvalue weighted by Gasteiger charge is -2.42. The van der Waals surface area contributed by atoms with Crippen LogP contribution < -0.4 is 4.90 Å². The second-order valence-corrected chi connectivity index (χ2v) is 12.7. The minimum atomic E-state index is -3.54. The minimum absolute atomic E-state index is 0.0727. The van der Waals surface area contributed by atoms with Crippen molar-refractivity contribution in [1.29, 1.82) is 0 Å². The molecule has 5 nitrogen and oxygen atoms in total. The van der Waals surface area contributed by atoms with Crippen LogP contribution in [0.5, 0.6) is 0 Å². The van der Waals surface area contributed by atoms with Gasteiger partial charge in [0.15, 0.2) is 0 Å². The van der Waals surface area contributed by atoms with E-state index >= 15 is 0 Å². The molecule has 1 aromatic heterocycles. The van der Waals surface area contributed by atoms with Crippen molar-refractivity contribution in [2.75, 3.05) is 30.3 Å². The first-order valence-corrected chi connectivity index (χ1v) is 14.0. The van der Waals surface area contributed by atoms with Crippen molar-refractivity contribution in [2.24, 2.45) is 0 Å². The maximum atomic E-state index is 13.3. The highest BCUT2D eigenvalue weighted by Crippen LogP contribution is 2.31. The smallest absolute Gasteiger partial charge is 0.252 e. The summed E-state index contributed by atoms with van der Waals surface area (Å²) in [7, 11) is -3.54. The van der Waals surface area contributed by atoms with Crippen molar-refractivity contribution in [3.8, 4) is 0 Å². The van der Waals surface area contributed by atoms with Gasteiger partial charge in [-0.15, -0.1) is 23.1 Å². The number of thiophene rings is 1. The van der Waals surface area contributed by atoms with E-state index in [0.29, 0.717) is 29.6 Å². The van der Waals surface area contributed by atoms with Gasteiger partial charge in [-0.3, -0.25) is 0 Å². The first-order chi connectivity index (χ1) is 15.6. The third-order valence-electron chi connectivity index (χ3n) is 5.70. The predicted molar refractivity (Wildman–Crippen MR) is 133 cm³/mol. The molecule has 0 spiro atoms. The van der Waals surface area contributed by atoms with Gasteiger partial charge in [-0.1, -0.05) is 18.2 Å². The highest BCUT2D eigenvalue weighted by molar-refractivity contribution is 7.99. The summed E-state index contributed by atoms with van der Waals surface area (Å²) in [4.78, 5) is 3.16. The number of aliphatic hydroxyl groups is 1. The van der Waals surface area contributed by atoms with E-state index in [1.165, 1.54) is 23.5 Å². The van der Waals surface area contributed by atoms with E-state index < -0.39 is 15.6 Å². The summed E-state index contributed by atoms with van der Waals surface area (Å²) in [5, 5.41) is 12.0. The van der Waals surface area contributed by atoms with E-state index in [-0.39, 0.29) is 11.9 Å². The van der Waals surface area contributed by atoms with Crippen LogP contribution in [0.3, 0.4) is 0 Å². The van der Waals surface area contributed by atoms with Crippen LogP contribution in [-0.4, -0.2) is 49.3 Å². The molecule has 1 aliphatic heterocycles. The SMILES string of the molecule is CC(C)(O)c1ccc(N2CCN(S(=O)(=O)c3cccs3)C[C@@H]2CSc2ccc(F)cc2)cc1. The molecule has 1 atom stereocenters. The normalized spacial score (nSPS) is 17.9. The Morgan fingerprint density at radius 2 is 1.79 bits per heavy atom. The van der Waals surface area contributed by atoms with Crippen LogP contribution in [-0.2, 0) is 15.6 Å². The van der Waals surface area contributed by atoms with Gasteiger partial charge in [-0.2, -0.15) is 4.31 Å². The van der Waals surface area contributed by atoms with Gasteiger partial charge in [-0.05, 0) is 67.3 Å². The lowest BCUT2D eigenvalue weighted by atomic mass is 9.98. The molecule has 1 saturated heterocycles. The molecular weight excluding hydrogens is 479 g/mol. The van der Waals surface area contributed by atoms with E-state index in [2.05, 4.69) is 4.90 Å². The number of hydrogen-bond acceptors (Lipinski definition) is 6. The van der Waals surface area contributed by atoms with E-state index in [1.807, 2.05) is 24.3 Å². The Hall–Kier alpha value is -1.91. The molecular formula is C24H27FN2O3S3. The van der Waals surface area contributed by atoms with Crippen molar-refractivity contribution in [3.63, 3.8) is 0 Å². The molecule has 33 heavy (non-hydrogen) atoms. The molecule has 0 aliphatic carbocycles. The standard InChI is InChI=1S/C24H27FN2O3S3/c1-24(2,28)18-5-9-20(10-6-18)27-14-13-26(33(29,30)23-4-3-15-31-23)16-21(27)17-32-22-11-7-19(25)8-12-22/h3-12,15,21,28H,13-14,16-17H2,1-2H3/t21-/m1/s1. The fourth-order valence-corrected chi connectivity index (χ4v) is 7.46. The zero-order valence-electron chi connectivity index (χ0n) is 18.5. The number of nitrogens with zero attached hydrogens (tertiary/aromatic N) is 2. The lowest BCUT2D eigenvalue weighted by Crippen LogP contribution is -2.55. The van der Waals surface area contributed by atoms with Crippen molar-refractivity contribution in [2.45, 2.75) is 34.6 Å². The second-order valence-electron chi connectivity index (χ2n) is 8.51.